The van der Waals surface area contributed by atoms with Crippen molar-refractivity contribution in [1.29, 1.82) is 0 Å². The van der Waals surface area contributed by atoms with E-state index < -0.39 is 17.6 Å². The summed E-state index contributed by atoms with van der Waals surface area (Å²) >= 11 is 5.60. The second kappa shape index (κ2) is 4.80. The van der Waals surface area contributed by atoms with Gasteiger partial charge in [-0.05, 0) is 18.2 Å². The van der Waals surface area contributed by atoms with E-state index in [0.717, 1.165) is 6.07 Å². The average molecular weight is 294 g/mol. The first-order chi connectivity index (χ1) is 8.84. The number of benzene rings is 1. The van der Waals surface area contributed by atoms with E-state index in [-0.39, 0.29) is 17.3 Å². The molecule has 0 fully saturated rings. The first-order valence-corrected chi connectivity index (χ1v) is 5.69. The molecule has 0 saturated heterocycles. The molecule has 3 nitrogen and oxygen atoms in total. The zero-order valence-electron chi connectivity index (χ0n) is 9.67. The van der Waals surface area contributed by atoms with Crippen LogP contribution < -0.4 is 0 Å². The molecule has 0 spiro atoms. The fourth-order valence-corrected chi connectivity index (χ4v) is 1.84. The highest BCUT2D eigenvalue weighted by Crippen LogP contribution is 2.33. The summed E-state index contributed by atoms with van der Waals surface area (Å²) in [6.07, 6.45) is -4.76. The van der Waals surface area contributed by atoms with Gasteiger partial charge in [-0.2, -0.15) is 13.2 Å². The smallest absolute Gasteiger partial charge is 0.313 e. The number of rotatable bonds is 2. The second-order valence-electron chi connectivity index (χ2n) is 3.82. The summed E-state index contributed by atoms with van der Waals surface area (Å²) in [6, 6.07) is 2.68. The first kappa shape index (κ1) is 13.8. The fourth-order valence-electron chi connectivity index (χ4n) is 1.61. The van der Waals surface area contributed by atoms with Gasteiger partial charge in [-0.25, -0.2) is 4.39 Å². The molecule has 19 heavy (non-hydrogen) atoms. The molecular formula is C11H8ClF4N3. The maximum atomic E-state index is 13.2. The molecule has 0 unspecified atom stereocenters. The molecule has 1 aromatic heterocycles. The largest absolute Gasteiger partial charge is 0.419 e. The van der Waals surface area contributed by atoms with Crippen molar-refractivity contribution in [1.82, 2.24) is 14.8 Å². The molecule has 1 heterocycles. The SMILES string of the molecule is Cn1c(CCl)nnc1-c1ccc(F)c(C(F)(F)F)c1. The minimum absolute atomic E-state index is 0.0802. The zero-order chi connectivity index (χ0) is 14.2. The quantitative estimate of drug-likeness (QED) is 0.628. The van der Waals surface area contributed by atoms with Gasteiger partial charge in [-0.15, -0.1) is 21.8 Å². The first-order valence-electron chi connectivity index (χ1n) is 5.16. The van der Waals surface area contributed by atoms with Crippen molar-refractivity contribution in [2.45, 2.75) is 12.1 Å². The lowest BCUT2D eigenvalue weighted by molar-refractivity contribution is -0.139. The van der Waals surface area contributed by atoms with E-state index in [0.29, 0.717) is 11.9 Å². The van der Waals surface area contributed by atoms with Crippen LogP contribution in [0.5, 0.6) is 0 Å². The van der Waals surface area contributed by atoms with E-state index in [1.54, 1.807) is 7.05 Å². The van der Waals surface area contributed by atoms with Gasteiger partial charge < -0.3 is 4.57 Å². The standard InChI is InChI=1S/C11H8ClF4N3/c1-19-9(5-12)17-18-10(19)6-2-3-8(13)7(4-6)11(14,15)16/h2-4H,5H2,1H3. The second-order valence-corrected chi connectivity index (χ2v) is 4.09. The molecular weight excluding hydrogens is 286 g/mol. The van der Waals surface area contributed by atoms with Crippen molar-refractivity contribution in [3.63, 3.8) is 0 Å². The van der Waals surface area contributed by atoms with Gasteiger partial charge in [0.1, 0.15) is 11.6 Å². The lowest BCUT2D eigenvalue weighted by atomic mass is 10.1. The van der Waals surface area contributed by atoms with E-state index in [1.165, 1.54) is 10.6 Å². The summed E-state index contributed by atoms with van der Waals surface area (Å²) in [4.78, 5) is 0. The molecule has 0 aliphatic rings. The van der Waals surface area contributed by atoms with Crippen LogP contribution in [0.25, 0.3) is 11.4 Å². The Balaban J connectivity index is 2.55. The highest BCUT2D eigenvalue weighted by molar-refractivity contribution is 6.16. The summed E-state index contributed by atoms with van der Waals surface area (Å²) in [5, 5.41) is 7.48. The van der Waals surface area contributed by atoms with Gasteiger partial charge in [0.2, 0.25) is 0 Å². The van der Waals surface area contributed by atoms with Crippen LogP contribution in [0.4, 0.5) is 17.6 Å². The maximum absolute atomic E-state index is 13.2. The number of alkyl halides is 4. The Labute approximate surface area is 110 Å². The highest BCUT2D eigenvalue weighted by Gasteiger charge is 2.34. The van der Waals surface area contributed by atoms with Crippen LogP contribution in [0.3, 0.4) is 0 Å². The molecule has 8 heteroatoms. The Morgan fingerprint density at radius 1 is 1.26 bits per heavy atom. The van der Waals surface area contributed by atoms with E-state index >= 15 is 0 Å². The van der Waals surface area contributed by atoms with Crippen LogP contribution >= 0.6 is 11.6 Å². The molecule has 0 aliphatic heterocycles. The van der Waals surface area contributed by atoms with Gasteiger partial charge in [0.25, 0.3) is 0 Å². The van der Waals surface area contributed by atoms with Gasteiger partial charge in [0.05, 0.1) is 11.4 Å². The molecule has 0 N–H and O–H groups in total. The van der Waals surface area contributed by atoms with Crippen LogP contribution in [-0.4, -0.2) is 14.8 Å². The monoisotopic (exact) mass is 293 g/mol. The predicted molar refractivity (Wildman–Crippen MR) is 61.0 cm³/mol. The van der Waals surface area contributed by atoms with Crippen molar-refractivity contribution in [2.75, 3.05) is 0 Å². The number of hydrogen-bond acceptors (Lipinski definition) is 2. The lowest BCUT2D eigenvalue weighted by Gasteiger charge is -2.10. The summed E-state index contributed by atoms with van der Waals surface area (Å²) in [5.74, 6) is -0.636. The van der Waals surface area contributed by atoms with Gasteiger partial charge >= 0.3 is 6.18 Å². The molecule has 0 amide bonds. The Bertz CT molecular complexity index is 606. The average Bonchev–Trinajstić information content (AvgIpc) is 2.70. The summed E-state index contributed by atoms with van der Waals surface area (Å²) in [5.41, 5.74) is -1.21. The number of nitrogens with zero attached hydrogens (tertiary/aromatic N) is 3. The van der Waals surface area contributed by atoms with Gasteiger partial charge in [-0.3, -0.25) is 0 Å². The number of hydrogen-bond donors (Lipinski definition) is 0. The number of aromatic nitrogens is 3. The van der Waals surface area contributed by atoms with E-state index in [4.69, 9.17) is 11.6 Å². The van der Waals surface area contributed by atoms with Crippen molar-refractivity contribution in [3.8, 4) is 11.4 Å². The van der Waals surface area contributed by atoms with Gasteiger partial charge in [0, 0.05) is 12.6 Å². The fraction of sp³-hybridized carbons (Fsp3) is 0.273. The van der Waals surface area contributed by atoms with Crippen LogP contribution in [0, 0.1) is 5.82 Å². The third-order valence-corrected chi connectivity index (χ3v) is 2.85. The van der Waals surface area contributed by atoms with Crippen molar-refractivity contribution >= 4 is 11.6 Å². The molecule has 1 aromatic carbocycles. The van der Waals surface area contributed by atoms with E-state index in [1.807, 2.05) is 0 Å². The van der Waals surface area contributed by atoms with Gasteiger partial charge in [0.15, 0.2) is 5.82 Å². The summed E-state index contributed by atoms with van der Waals surface area (Å²) < 4.78 is 52.5. The van der Waals surface area contributed by atoms with Gasteiger partial charge in [-0.1, -0.05) is 0 Å². The lowest BCUT2D eigenvalue weighted by Crippen LogP contribution is -2.08. The molecule has 2 aromatic rings. The molecule has 102 valence electrons. The molecule has 0 bridgehead atoms. The van der Waals surface area contributed by atoms with Crippen molar-refractivity contribution in [3.05, 3.63) is 35.4 Å². The molecule has 0 saturated carbocycles. The molecule has 0 radical (unpaired) electrons. The highest BCUT2D eigenvalue weighted by atomic mass is 35.5. The van der Waals surface area contributed by atoms with Crippen LogP contribution in [0.15, 0.2) is 18.2 Å². The molecule has 0 atom stereocenters. The number of halogens is 5. The Kier molecular flexibility index (Phi) is 3.49. The van der Waals surface area contributed by atoms with E-state index in [2.05, 4.69) is 10.2 Å². The Hall–Kier alpha value is -1.63. The molecule has 2 rings (SSSR count). The predicted octanol–water partition coefficient (Wildman–Crippen LogP) is 3.38. The van der Waals surface area contributed by atoms with Crippen LogP contribution in [0.2, 0.25) is 0 Å². The van der Waals surface area contributed by atoms with Crippen molar-refractivity contribution < 1.29 is 17.6 Å². The zero-order valence-corrected chi connectivity index (χ0v) is 10.4. The molecule has 0 aliphatic carbocycles. The van der Waals surface area contributed by atoms with Crippen LogP contribution in [-0.2, 0) is 19.1 Å². The van der Waals surface area contributed by atoms with E-state index in [9.17, 15) is 17.6 Å². The topological polar surface area (TPSA) is 30.7 Å². The third kappa shape index (κ3) is 2.56. The van der Waals surface area contributed by atoms with Crippen LogP contribution in [0.1, 0.15) is 11.4 Å². The summed E-state index contributed by atoms with van der Waals surface area (Å²) in [6.45, 7) is 0. The third-order valence-electron chi connectivity index (χ3n) is 2.61. The summed E-state index contributed by atoms with van der Waals surface area (Å²) in [7, 11) is 1.57. The normalized spacial score (nSPS) is 11.9. The Morgan fingerprint density at radius 2 is 1.95 bits per heavy atom. The minimum Gasteiger partial charge on any atom is -0.313 e. The maximum Gasteiger partial charge on any atom is 0.419 e. The van der Waals surface area contributed by atoms with Crippen molar-refractivity contribution in [2.24, 2.45) is 7.05 Å². The minimum atomic E-state index is -4.76. The Morgan fingerprint density at radius 3 is 2.47 bits per heavy atom.